The summed E-state index contributed by atoms with van der Waals surface area (Å²) in [5, 5.41) is 2.73. The van der Waals surface area contributed by atoms with E-state index >= 15 is 0 Å². The average Bonchev–Trinajstić information content (AvgIpc) is 2.20. The van der Waals surface area contributed by atoms with Crippen molar-refractivity contribution in [2.45, 2.75) is 26.3 Å². The fourth-order valence-corrected chi connectivity index (χ4v) is 1.92. The van der Waals surface area contributed by atoms with Gasteiger partial charge in [-0.15, -0.1) is 0 Å². The van der Waals surface area contributed by atoms with Crippen molar-refractivity contribution >= 4 is 27.7 Å². The van der Waals surface area contributed by atoms with E-state index in [-0.39, 0.29) is 18.4 Å². The Morgan fingerprint density at radius 1 is 1.47 bits per heavy atom. The first-order chi connectivity index (χ1) is 7.91. The molecule has 0 bridgehead atoms. The van der Waals surface area contributed by atoms with Crippen molar-refractivity contribution < 1.29 is 9.59 Å². The Kier molecular flexibility index (Phi) is 4.69. The highest BCUT2D eigenvalue weighted by Crippen LogP contribution is 2.20. The molecule has 0 aromatic heterocycles. The van der Waals surface area contributed by atoms with E-state index < -0.39 is 5.91 Å². The first-order valence-corrected chi connectivity index (χ1v) is 6.05. The zero-order chi connectivity index (χ0) is 13.0. The predicted molar refractivity (Wildman–Crippen MR) is 69.6 cm³/mol. The molecular formula is C12H15BrN2O2. The second-order valence-corrected chi connectivity index (χ2v) is 4.77. The molecule has 1 rings (SSSR count). The Morgan fingerprint density at radius 2 is 2.12 bits per heavy atom. The molecule has 17 heavy (non-hydrogen) atoms. The van der Waals surface area contributed by atoms with Crippen molar-refractivity contribution in [3.8, 4) is 0 Å². The zero-order valence-electron chi connectivity index (χ0n) is 9.79. The fourth-order valence-electron chi connectivity index (χ4n) is 1.48. The standard InChI is InChI=1S/C12H15BrN2O2/c1-7-4-3-5-9(11(7)13)12(17)15-8(2)6-10(14)16/h3-5,8H,6H2,1-2H3,(H2,14,16)(H,15,17). The van der Waals surface area contributed by atoms with E-state index in [9.17, 15) is 9.59 Å². The van der Waals surface area contributed by atoms with Gasteiger partial charge in [0.1, 0.15) is 0 Å². The maximum atomic E-state index is 11.9. The lowest BCUT2D eigenvalue weighted by atomic mass is 10.1. The van der Waals surface area contributed by atoms with Crippen molar-refractivity contribution in [2.75, 3.05) is 0 Å². The summed E-state index contributed by atoms with van der Waals surface area (Å²) in [6, 6.07) is 5.18. The van der Waals surface area contributed by atoms with Crippen molar-refractivity contribution in [3.05, 3.63) is 33.8 Å². The van der Waals surface area contributed by atoms with Gasteiger partial charge in [0.2, 0.25) is 5.91 Å². The highest BCUT2D eigenvalue weighted by atomic mass is 79.9. The molecule has 0 aliphatic heterocycles. The maximum absolute atomic E-state index is 11.9. The number of hydrogen-bond acceptors (Lipinski definition) is 2. The SMILES string of the molecule is Cc1cccc(C(=O)NC(C)CC(N)=O)c1Br. The van der Waals surface area contributed by atoms with Gasteiger partial charge >= 0.3 is 0 Å². The van der Waals surface area contributed by atoms with Crippen LogP contribution in [0.2, 0.25) is 0 Å². The van der Waals surface area contributed by atoms with Crippen LogP contribution < -0.4 is 11.1 Å². The van der Waals surface area contributed by atoms with Gasteiger partial charge in [-0.3, -0.25) is 9.59 Å². The number of hydrogen-bond donors (Lipinski definition) is 2. The smallest absolute Gasteiger partial charge is 0.252 e. The number of primary amides is 1. The summed E-state index contributed by atoms with van der Waals surface area (Å²) >= 11 is 3.37. The minimum absolute atomic E-state index is 0.134. The van der Waals surface area contributed by atoms with E-state index in [1.165, 1.54) is 0 Å². The van der Waals surface area contributed by atoms with Crippen molar-refractivity contribution in [1.29, 1.82) is 0 Å². The van der Waals surface area contributed by atoms with Gasteiger partial charge in [-0.1, -0.05) is 12.1 Å². The number of benzene rings is 1. The highest BCUT2D eigenvalue weighted by Gasteiger charge is 2.14. The summed E-state index contributed by atoms with van der Waals surface area (Å²) in [5.41, 5.74) is 6.61. The van der Waals surface area contributed by atoms with Gasteiger partial charge in [-0.05, 0) is 41.4 Å². The van der Waals surface area contributed by atoms with E-state index in [1.54, 1.807) is 13.0 Å². The lowest BCUT2D eigenvalue weighted by Crippen LogP contribution is -2.35. The molecule has 0 radical (unpaired) electrons. The summed E-state index contributed by atoms with van der Waals surface area (Å²) in [4.78, 5) is 22.6. The predicted octanol–water partition coefficient (Wildman–Crippen LogP) is 1.75. The van der Waals surface area contributed by atoms with Crippen LogP contribution in [-0.4, -0.2) is 17.9 Å². The Morgan fingerprint density at radius 3 is 2.71 bits per heavy atom. The monoisotopic (exact) mass is 298 g/mol. The van der Waals surface area contributed by atoms with Gasteiger partial charge in [-0.2, -0.15) is 0 Å². The molecule has 0 heterocycles. The number of carbonyl (C=O) groups excluding carboxylic acids is 2. The third kappa shape index (κ3) is 3.85. The molecule has 92 valence electrons. The lowest BCUT2D eigenvalue weighted by molar-refractivity contribution is -0.118. The van der Waals surface area contributed by atoms with Crippen LogP contribution >= 0.6 is 15.9 Å². The lowest BCUT2D eigenvalue weighted by Gasteiger charge is -2.13. The molecule has 5 heteroatoms. The number of aryl methyl sites for hydroxylation is 1. The summed E-state index contributed by atoms with van der Waals surface area (Å²) in [5.74, 6) is -0.643. The number of amides is 2. The van der Waals surface area contributed by atoms with Crippen LogP contribution in [-0.2, 0) is 4.79 Å². The molecule has 1 atom stereocenters. The van der Waals surface area contributed by atoms with E-state index in [0.717, 1.165) is 10.0 Å². The van der Waals surface area contributed by atoms with Crippen LogP contribution in [0.5, 0.6) is 0 Å². The van der Waals surface area contributed by atoms with Crippen LogP contribution in [0.25, 0.3) is 0 Å². The van der Waals surface area contributed by atoms with Crippen molar-refractivity contribution in [1.82, 2.24) is 5.32 Å². The largest absolute Gasteiger partial charge is 0.370 e. The molecule has 1 unspecified atom stereocenters. The van der Waals surface area contributed by atoms with E-state index in [1.807, 2.05) is 19.1 Å². The number of carbonyl (C=O) groups is 2. The third-order valence-corrected chi connectivity index (χ3v) is 3.37. The zero-order valence-corrected chi connectivity index (χ0v) is 11.4. The van der Waals surface area contributed by atoms with E-state index in [2.05, 4.69) is 21.2 Å². The Hall–Kier alpha value is -1.36. The summed E-state index contributed by atoms with van der Waals surface area (Å²) in [7, 11) is 0. The van der Waals surface area contributed by atoms with Gasteiger partial charge < -0.3 is 11.1 Å². The van der Waals surface area contributed by atoms with Gasteiger partial charge in [0.15, 0.2) is 0 Å². The highest BCUT2D eigenvalue weighted by molar-refractivity contribution is 9.10. The Bertz CT molecular complexity index is 446. The van der Waals surface area contributed by atoms with Gasteiger partial charge in [-0.25, -0.2) is 0 Å². The third-order valence-electron chi connectivity index (χ3n) is 2.32. The summed E-state index contributed by atoms with van der Waals surface area (Å²) in [6.45, 7) is 3.65. The number of nitrogens with two attached hydrogens (primary N) is 1. The molecule has 0 saturated heterocycles. The quantitative estimate of drug-likeness (QED) is 0.889. The van der Waals surface area contributed by atoms with Crippen LogP contribution in [0.4, 0.5) is 0 Å². The van der Waals surface area contributed by atoms with Crippen LogP contribution in [0.15, 0.2) is 22.7 Å². The summed E-state index contributed by atoms with van der Waals surface area (Å²) in [6.07, 6.45) is 0.134. The van der Waals surface area contributed by atoms with E-state index in [4.69, 9.17) is 5.73 Å². The van der Waals surface area contributed by atoms with Crippen LogP contribution in [0, 0.1) is 6.92 Å². The van der Waals surface area contributed by atoms with Crippen molar-refractivity contribution in [2.24, 2.45) is 5.73 Å². The molecule has 0 fully saturated rings. The van der Waals surface area contributed by atoms with Crippen LogP contribution in [0.1, 0.15) is 29.3 Å². The molecule has 0 saturated carbocycles. The minimum Gasteiger partial charge on any atom is -0.370 e. The van der Waals surface area contributed by atoms with Gasteiger partial charge in [0.25, 0.3) is 5.91 Å². The molecular weight excluding hydrogens is 284 g/mol. The number of rotatable bonds is 4. The second-order valence-electron chi connectivity index (χ2n) is 3.98. The van der Waals surface area contributed by atoms with Crippen LogP contribution in [0.3, 0.4) is 0 Å². The Labute approximate surface area is 109 Å². The fraction of sp³-hybridized carbons (Fsp3) is 0.333. The van der Waals surface area contributed by atoms with E-state index in [0.29, 0.717) is 5.56 Å². The molecule has 1 aromatic carbocycles. The molecule has 0 aliphatic rings. The van der Waals surface area contributed by atoms with Crippen molar-refractivity contribution in [3.63, 3.8) is 0 Å². The molecule has 3 N–H and O–H groups in total. The minimum atomic E-state index is -0.430. The average molecular weight is 299 g/mol. The molecule has 4 nitrogen and oxygen atoms in total. The molecule has 1 aromatic rings. The van der Waals surface area contributed by atoms with Gasteiger partial charge in [0.05, 0.1) is 5.56 Å². The first kappa shape index (κ1) is 13.7. The molecule has 2 amide bonds. The number of halogens is 1. The normalized spacial score (nSPS) is 11.9. The summed E-state index contributed by atoms with van der Waals surface area (Å²) < 4.78 is 0.767. The molecule has 0 aliphatic carbocycles. The first-order valence-electron chi connectivity index (χ1n) is 5.26. The Balaban J connectivity index is 2.77. The van der Waals surface area contributed by atoms with Gasteiger partial charge in [0, 0.05) is 16.9 Å². The topological polar surface area (TPSA) is 72.2 Å². The maximum Gasteiger partial charge on any atom is 0.252 e. The number of nitrogens with one attached hydrogen (secondary N) is 1. The molecule has 0 spiro atoms. The second kappa shape index (κ2) is 5.82.